The monoisotopic (exact) mass is 472 g/mol. The summed E-state index contributed by atoms with van der Waals surface area (Å²) in [4.78, 5) is 0.512. The number of benzene rings is 4. The average molecular weight is 473 g/mol. The SMILES string of the molecule is Cc1ccc(S(=O)(=O)c2ccc(Oc3ccc(-c4ccc(OC(C)(C)C)cc4)cc3)cc2)cc1. The van der Waals surface area contributed by atoms with Gasteiger partial charge >= 0.3 is 0 Å². The van der Waals surface area contributed by atoms with Gasteiger partial charge in [0.1, 0.15) is 22.8 Å². The van der Waals surface area contributed by atoms with E-state index in [1.165, 1.54) is 0 Å². The van der Waals surface area contributed by atoms with Crippen LogP contribution in [0.1, 0.15) is 26.3 Å². The predicted molar refractivity (Wildman–Crippen MR) is 135 cm³/mol. The van der Waals surface area contributed by atoms with Gasteiger partial charge in [-0.05, 0) is 99.5 Å². The number of rotatable bonds is 6. The largest absolute Gasteiger partial charge is 0.488 e. The van der Waals surface area contributed by atoms with Crippen LogP contribution in [0, 0.1) is 6.92 Å². The van der Waals surface area contributed by atoms with Crippen molar-refractivity contribution in [1.29, 1.82) is 0 Å². The van der Waals surface area contributed by atoms with E-state index in [2.05, 4.69) is 0 Å². The number of hydrogen-bond donors (Lipinski definition) is 0. The van der Waals surface area contributed by atoms with Gasteiger partial charge in [-0.15, -0.1) is 0 Å². The zero-order chi connectivity index (χ0) is 24.3. The van der Waals surface area contributed by atoms with Crippen molar-refractivity contribution < 1.29 is 17.9 Å². The molecule has 0 aliphatic heterocycles. The topological polar surface area (TPSA) is 52.6 Å². The van der Waals surface area contributed by atoms with Crippen LogP contribution in [0.15, 0.2) is 107 Å². The number of aryl methyl sites for hydroxylation is 1. The van der Waals surface area contributed by atoms with Crippen LogP contribution in [-0.2, 0) is 9.84 Å². The molecule has 0 aliphatic rings. The van der Waals surface area contributed by atoms with Crippen molar-refractivity contribution in [3.63, 3.8) is 0 Å². The van der Waals surface area contributed by atoms with Crippen LogP contribution in [0.25, 0.3) is 11.1 Å². The van der Waals surface area contributed by atoms with Gasteiger partial charge in [-0.25, -0.2) is 8.42 Å². The van der Waals surface area contributed by atoms with Crippen LogP contribution < -0.4 is 9.47 Å². The van der Waals surface area contributed by atoms with E-state index in [1.807, 2.05) is 76.2 Å². The fourth-order valence-corrected chi connectivity index (χ4v) is 4.72. The van der Waals surface area contributed by atoms with Crippen LogP contribution >= 0.6 is 0 Å². The van der Waals surface area contributed by atoms with Crippen LogP contribution in [0.4, 0.5) is 0 Å². The van der Waals surface area contributed by atoms with E-state index < -0.39 is 9.84 Å². The standard InChI is InChI=1S/C29H28O4S/c1-21-5-17-27(18-6-21)34(30,31)28-19-15-25(16-20-28)32-24-11-7-22(8-12-24)23-9-13-26(14-10-23)33-29(2,3)4/h5-20H,1-4H3. The molecule has 34 heavy (non-hydrogen) atoms. The molecule has 0 heterocycles. The van der Waals surface area contributed by atoms with Gasteiger partial charge in [0.25, 0.3) is 0 Å². The molecule has 0 aromatic heterocycles. The lowest BCUT2D eigenvalue weighted by Crippen LogP contribution is -2.22. The molecule has 5 heteroatoms. The van der Waals surface area contributed by atoms with E-state index in [-0.39, 0.29) is 15.4 Å². The molecule has 0 aliphatic carbocycles. The third-order valence-electron chi connectivity index (χ3n) is 5.17. The highest BCUT2D eigenvalue weighted by molar-refractivity contribution is 7.91. The van der Waals surface area contributed by atoms with Gasteiger partial charge in [0.2, 0.25) is 9.84 Å². The Morgan fingerprint density at radius 3 is 1.38 bits per heavy atom. The molecular formula is C29H28O4S. The third kappa shape index (κ3) is 5.67. The van der Waals surface area contributed by atoms with E-state index >= 15 is 0 Å². The Balaban J connectivity index is 1.44. The molecule has 0 fully saturated rings. The lowest BCUT2D eigenvalue weighted by atomic mass is 10.1. The van der Waals surface area contributed by atoms with Crippen LogP contribution in [0.5, 0.6) is 17.2 Å². The van der Waals surface area contributed by atoms with Crippen molar-refractivity contribution in [2.75, 3.05) is 0 Å². The lowest BCUT2D eigenvalue weighted by Gasteiger charge is -2.21. The third-order valence-corrected chi connectivity index (χ3v) is 6.95. The molecular weight excluding hydrogens is 444 g/mol. The van der Waals surface area contributed by atoms with Crippen LogP contribution in [0.3, 0.4) is 0 Å². The Hall–Kier alpha value is -3.57. The molecule has 0 radical (unpaired) electrons. The molecule has 0 N–H and O–H groups in total. The normalized spacial score (nSPS) is 11.8. The molecule has 4 rings (SSSR count). The second-order valence-electron chi connectivity index (χ2n) is 9.15. The van der Waals surface area contributed by atoms with Crippen molar-refractivity contribution in [1.82, 2.24) is 0 Å². The van der Waals surface area contributed by atoms with Crippen molar-refractivity contribution in [2.24, 2.45) is 0 Å². The number of ether oxygens (including phenoxy) is 2. The summed E-state index contributed by atoms with van der Waals surface area (Å²) in [6.07, 6.45) is 0. The molecule has 4 nitrogen and oxygen atoms in total. The van der Waals surface area contributed by atoms with E-state index in [9.17, 15) is 8.42 Å². The molecule has 0 saturated heterocycles. The van der Waals surface area contributed by atoms with Gasteiger partial charge in [-0.3, -0.25) is 0 Å². The van der Waals surface area contributed by atoms with Crippen molar-refractivity contribution >= 4 is 9.84 Å². The van der Waals surface area contributed by atoms with E-state index in [0.29, 0.717) is 11.5 Å². The smallest absolute Gasteiger partial charge is 0.206 e. The van der Waals surface area contributed by atoms with E-state index in [0.717, 1.165) is 22.4 Å². The van der Waals surface area contributed by atoms with Gasteiger partial charge in [0.15, 0.2) is 0 Å². The minimum absolute atomic E-state index is 0.233. The second kappa shape index (κ2) is 9.35. The van der Waals surface area contributed by atoms with Gasteiger partial charge < -0.3 is 9.47 Å². The van der Waals surface area contributed by atoms with Crippen LogP contribution in [0.2, 0.25) is 0 Å². The molecule has 0 spiro atoms. The fraction of sp³-hybridized carbons (Fsp3) is 0.172. The first-order chi connectivity index (χ1) is 16.1. The van der Waals surface area contributed by atoms with Crippen LogP contribution in [-0.4, -0.2) is 14.0 Å². The molecule has 4 aromatic rings. The van der Waals surface area contributed by atoms with Crippen molar-refractivity contribution in [2.45, 2.75) is 43.1 Å². The quantitative estimate of drug-likeness (QED) is 0.292. The molecule has 0 unspecified atom stereocenters. The van der Waals surface area contributed by atoms with Gasteiger partial charge in [0, 0.05) is 0 Å². The lowest BCUT2D eigenvalue weighted by molar-refractivity contribution is 0.131. The van der Waals surface area contributed by atoms with E-state index in [1.54, 1.807) is 48.5 Å². The summed E-state index contributed by atoms with van der Waals surface area (Å²) in [6.45, 7) is 8.00. The van der Waals surface area contributed by atoms with Crippen molar-refractivity contribution in [3.8, 4) is 28.4 Å². The highest BCUT2D eigenvalue weighted by atomic mass is 32.2. The Morgan fingerprint density at radius 1 is 0.559 bits per heavy atom. The molecule has 0 saturated carbocycles. The highest BCUT2D eigenvalue weighted by Gasteiger charge is 2.17. The highest BCUT2D eigenvalue weighted by Crippen LogP contribution is 2.29. The first kappa shape index (κ1) is 23.6. The molecule has 0 bridgehead atoms. The Kier molecular flexibility index (Phi) is 6.49. The van der Waals surface area contributed by atoms with Gasteiger partial charge in [-0.1, -0.05) is 42.0 Å². The first-order valence-corrected chi connectivity index (χ1v) is 12.6. The average Bonchev–Trinajstić information content (AvgIpc) is 2.80. The molecule has 0 amide bonds. The molecule has 4 aromatic carbocycles. The summed E-state index contributed by atoms with van der Waals surface area (Å²) in [7, 11) is -3.56. The Labute approximate surface area is 201 Å². The zero-order valence-electron chi connectivity index (χ0n) is 19.8. The summed E-state index contributed by atoms with van der Waals surface area (Å²) in [5.41, 5.74) is 2.93. The number of sulfone groups is 1. The predicted octanol–water partition coefficient (Wildman–Crippen LogP) is 7.46. The fourth-order valence-electron chi connectivity index (χ4n) is 3.46. The summed E-state index contributed by atoms with van der Waals surface area (Å²) in [5, 5.41) is 0. The zero-order valence-corrected chi connectivity index (χ0v) is 20.6. The molecule has 174 valence electrons. The van der Waals surface area contributed by atoms with Gasteiger partial charge in [-0.2, -0.15) is 0 Å². The Bertz CT molecular complexity index is 1350. The molecule has 0 atom stereocenters. The number of hydrogen-bond acceptors (Lipinski definition) is 4. The maximum atomic E-state index is 12.8. The maximum Gasteiger partial charge on any atom is 0.206 e. The Morgan fingerprint density at radius 2 is 0.941 bits per heavy atom. The minimum atomic E-state index is -3.56. The van der Waals surface area contributed by atoms with E-state index in [4.69, 9.17) is 9.47 Å². The minimum Gasteiger partial charge on any atom is -0.488 e. The second-order valence-corrected chi connectivity index (χ2v) is 11.1. The summed E-state index contributed by atoms with van der Waals surface area (Å²) < 4.78 is 37.5. The summed E-state index contributed by atoms with van der Waals surface area (Å²) in [6, 6.07) is 29.1. The summed E-state index contributed by atoms with van der Waals surface area (Å²) >= 11 is 0. The first-order valence-electron chi connectivity index (χ1n) is 11.1. The van der Waals surface area contributed by atoms with Gasteiger partial charge in [0.05, 0.1) is 9.79 Å². The van der Waals surface area contributed by atoms with Crippen molar-refractivity contribution in [3.05, 3.63) is 103 Å². The summed E-state index contributed by atoms with van der Waals surface area (Å²) in [5.74, 6) is 2.08. The maximum absolute atomic E-state index is 12.8.